The van der Waals surface area contributed by atoms with Crippen molar-refractivity contribution in [3.8, 4) is 0 Å². The summed E-state index contributed by atoms with van der Waals surface area (Å²) >= 11 is 0. The molecule has 2 heterocycles. The third-order valence-corrected chi connectivity index (χ3v) is 7.00. The molecule has 1 saturated heterocycles. The van der Waals surface area contributed by atoms with Crippen molar-refractivity contribution < 1.29 is 18.0 Å². The molecule has 0 spiro atoms. The number of hydrogen-bond acceptors (Lipinski definition) is 6. The summed E-state index contributed by atoms with van der Waals surface area (Å²) < 4.78 is 24.4. The Kier molecular flexibility index (Phi) is 7.81. The molecule has 3 rings (SSSR count). The van der Waals surface area contributed by atoms with Crippen molar-refractivity contribution in [3.05, 3.63) is 69.6 Å². The van der Waals surface area contributed by atoms with E-state index in [1.54, 1.807) is 0 Å². The first-order chi connectivity index (χ1) is 15.3. The molecule has 0 atom stereocenters. The fourth-order valence-corrected chi connectivity index (χ4v) is 4.81. The first kappa shape index (κ1) is 23.7. The third kappa shape index (κ3) is 6.27. The number of nitrogens with one attached hydrogen (secondary N) is 2. The van der Waals surface area contributed by atoms with Crippen LogP contribution in [0.5, 0.6) is 0 Å². The Morgan fingerprint density at radius 1 is 1.06 bits per heavy atom. The van der Waals surface area contributed by atoms with Crippen molar-refractivity contribution in [1.29, 1.82) is 0 Å². The summed E-state index contributed by atoms with van der Waals surface area (Å²) in [6, 6.07) is 10.6. The van der Waals surface area contributed by atoms with E-state index in [0.717, 1.165) is 5.56 Å². The number of carbonyl (C=O) groups excluding carboxylic acids is 2. The summed E-state index contributed by atoms with van der Waals surface area (Å²) in [5.74, 6) is -0.584. The molecule has 32 heavy (non-hydrogen) atoms. The highest BCUT2D eigenvalue weighted by molar-refractivity contribution is 7.91. The first-order valence-electron chi connectivity index (χ1n) is 10.5. The molecule has 0 saturated carbocycles. The Balaban J connectivity index is 1.66. The van der Waals surface area contributed by atoms with E-state index in [2.05, 4.69) is 15.5 Å². The lowest BCUT2D eigenvalue weighted by Gasteiger charge is -2.26. The van der Waals surface area contributed by atoms with E-state index in [1.807, 2.05) is 30.3 Å². The van der Waals surface area contributed by atoms with E-state index in [9.17, 15) is 22.8 Å². The summed E-state index contributed by atoms with van der Waals surface area (Å²) in [5.41, 5.74) is 0.539. The predicted octanol–water partition coefficient (Wildman–Crippen LogP) is 0.107. The lowest BCUT2D eigenvalue weighted by molar-refractivity contribution is 0.0951. The molecule has 1 aliphatic heterocycles. The third-order valence-electron chi connectivity index (χ3n) is 5.39. The average molecular weight is 461 g/mol. The maximum Gasteiger partial charge on any atom is 0.263 e. The van der Waals surface area contributed by atoms with Gasteiger partial charge in [-0.15, -0.1) is 0 Å². The molecule has 1 aromatic carbocycles. The number of aromatic nitrogens is 1. The topological polar surface area (TPSA) is 118 Å². The van der Waals surface area contributed by atoms with Crippen LogP contribution in [0.4, 0.5) is 0 Å². The first-order valence-corrected chi connectivity index (χ1v) is 12.3. The van der Waals surface area contributed by atoms with Crippen LogP contribution in [0.2, 0.25) is 0 Å². The van der Waals surface area contributed by atoms with Gasteiger partial charge in [-0.25, -0.2) is 8.42 Å². The molecule has 1 aliphatic rings. The highest BCUT2D eigenvalue weighted by Gasteiger charge is 2.21. The molecule has 9 nitrogen and oxygen atoms in total. The maximum atomic E-state index is 12.8. The molecule has 2 amide bonds. The number of sulfone groups is 1. The zero-order valence-electron chi connectivity index (χ0n) is 18.0. The molecule has 2 aromatic rings. The zero-order chi connectivity index (χ0) is 23.1. The van der Waals surface area contributed by atoms with Crippen LogP contribution < -0.4 is 16.2 Å². The molecular formula is C22H28N4O5S. The number of benzene rings is 1. The molecule has 0 bridgehead atoms. The summed E-state index contributed by atoms with van der Waals surface area (Å²) in [6.07, 6.45) is 2.13. The number of rotatable bonds is 8. The lowest BCUT2D eigenvalue weighted by Crippen LogP contribution is -2.41. The van der Waals surface area contributed by atoms with E-state index < -0.39 is 21.3 Å². The van der Waals surface area contributed by atoms with Gasteiger partial charge >= 0.3 is 0 Å². The van der Waals surface area contributed by atoms with Gasteiger partial charge in [-0.2, -0.15) is 0 Å². The minimum atomic E-state index is -2.91. The Bertz CT molecular complexity index is 1110. The van der Waals surface area contributed by atoms with Crippen molar-refractivity contribution in [2.45, 2.75) is 13.0 Å². The van der Waals surface area contributed by atoms with E-state index in [0.29, 0.717) is 32.6 Å². The standard InChI is InChI=1S/C22H28N4O5S/c1-23-21(28)19-14-18(16-26(22(19)29)15-17-6-3-2-4-7-17)20(27)24-8-5-9-25-10-12-32(30,31)13-11-25/h2-4,6-7,14,16H,5,8-13,15H2,1H3,(H,23,28)(H,24,27). The number of nitrogens with zero attached hydrogens (tertiary/aromatic N) is 2. The van der Waals surface area contributed by atoms with Gasteiger partial charge in [0.1, 0.15) is 5.56 Å². The Hall–Kier alpha value is -2.98. The predicted molar refractivity (Wildman–Crippen MR) is 122 cm³/mol. The monoisotopic (exact) mass is 460 g/mol. The highest BCUT2D eigenvalue weighted by atomic mass is 32.2. The highest BCUT2D eigenvalue weighted by Crippen LogP contribution is 2.07. The molecule has 0 unspecified atom stereocenters. The Morgan fingerprint density at radius 3 is 2.41 bits per heavy atom. The average Bonchev–Trinajstić information content (AvgIpc) is 2.79. The van der Waals surface area contributed by atoms with Gasteiger partial charge < -0.3 is 20.1 Å². The van der Waals surface area contributed by atoms with Gasteiger partial charge in [0.2, 0.25) is 0 Å². The zero-order valence-corrected chi connectivity index (χ0v) is 18.9. The van der Waals surface area contributed by atoms with Crippen molar-refractivity contribution in [2.24, 2.45) is 0 Å². The molecule has 0 radical (unpaired) electrons. The van der Waals surface area contributed by atoms with E-state index in [-0.39, 0.29) is 35.1 Å². The second kappa shape index (κ2) is 10.6. The molecular weight excluding hydrogens is 432 g/mol. The second-order valence-corrected chi connectivity index (χ2v) is 10.0. The summed E-state index contributed by atoms with van der Waals surface area (Å²) in [5, 5.41) is 5.26. The number of carbonyl (C=O) groups is 2. The second-order valence-electron chi connectivity index (χ2n) is 7.74. The van der Waals surface area contributed by atoms with Crippen LogP contribution in [0.1, 0.15) is 32.7 Å². The quantitative estimate of drug-likeness (QED) is 0.540. The molecule has 172 valence electrons. The van der Waals surface area contributed by atoms with Crippen LogP contribution in [0.15, 0.2) is 47.4 Å². The largest absolute Gasteiger partial charge is 0.355 e. The minimum Gasteiger partial charge on any atom is -0.355 e. The van der Waals surface area contributed by atoms with Crippen molar-refractivity contribution in [1.82, 2.24) is 20.1 Å². The maximum absolute atomic E-state index is 12.8. The van der Waals surface area contributed by atoms with Crippen molar-refractivity contribution in [2.75, 3.05) is 44.7 Å². The van der Waals surface area contributed by atoms with E-state index in [1.165, 1.54) is 23.9 Å². The Morgan fingerprint density at radius 2 is 1.75 bits per heavy atom. The van der Waals surface area contributed by atoms with Crippen LogP contribution in [0.3, 0.4) is 0 Å². The van der Waals surface area contributed by atoms with Gasteiger partial charge in [-0.1, -0.05) is 30.3 Å². The van der Waals surface area contributed by atoms with Crippen molar-refractivity contribution >= 4 is 21.7 Å². The molecule has 2 N–H and O–H groups in total. The number of hydrogen-bond donors (Lipinski definition) is 2. The fourth-order valence-electron chi connectivity index (χ4n) is 3.54. The summed E-state index contributed by atoms with van der Waals surface area (Å²) in [4.78, 5) is 39.7. The van der Waals surface area contributed by atoms with Crippen LogP contribution in [0, 0.1) is 0 Å². The normalized spacial score (nSPS) is 15.8. The van der Waals surface area contributed by atoms with Crippen LogP contribution >= 0.6 is 0 Å². The summed E-state index contributed by atoms with van der Waals surface area (Å²) in [6.45, 7) is 2.34. The van der Waals surface area contributed by atoms with E-state index in [4.69, 9.17) is 0 Å². The summed E-state index contributed by atoms with van der Waals surface area (Å²) in [7, 11) is -1.48. The Labute approximate surface area is 187 Å². The lowest BCUT2D eigenvalue weighted by atomic mass is 10.1. The molecule has 0 aliphatic carbocycles. The SMILES string of the molecule is CNC(=O)c1cc(C(=O)NCCCN2CCS(=O)(=O)CC2)cn(Cc2ccccc2)c1=O. The van der Waals surface area contributed by atoms with Crippen molar-refractivity contribution in [3.63, 3.8) is 0 Å². The van der Waals surface area contributed by atoms with Crippen LogP contribution in [-0.4, -0.2) is 74.4 Å². The van der Waals surface area contributed by atoms with Gasteiger partial charge in [-0.3, -0.25) is 14.4 Å². The van der Waals surface area contributed by atoms with Gasteiger partial charge in [0.25, 0.3) is 17.4 Å². The fraction of sp³-hybridized carbons (Fsp3) is 0.409. The van der Waals surface area contributed by atoms with E-state index >= 15 is 0 Å². The van der Waals surface area contributed by atoms with Gasteiger partial charge in [0.15, 0.2) is 9.84 Å². The van der Waals surface area contributed by atoms with Gasteiger partial charge in [-0.05, 0) is 24.6 Å². The smallest absolute Gasteiger partial charge is 0.263 e. The van der Waals surface area contributed by atoms with Gasteiger partial charge in [0.05, 0.1) is 23.6 Å². The van der Waals surface area contributed by atoms with Crippen LogP contribution in [-0.2, 0) is 16.4 Å². The van der Waals surface area contributed by atoms with Crippen LogP contribution in [0.25, 0.3) is 0 Å². The number of pyridine rings is 1. The number of amides is 2. The minimum absolute atomic E-state index is 0.0920. The molecule has 1 fully saturated rings. The molecule has 10 heteroatoms. The molecule has 1 aromatic heterocycles. The van der Waals surface area contributed by atoms with Gasteiger partial charge in [0, 0.05) is 32.9 Å².